The second-order valence-corrected chi connectivity index (χ2v) is 3.40. The molecule has 0 aromatic heterocycles. The maximum Gasteiger partial charge on any atom is 0.0544 e. The summed E-state index contributed by atoms with van der Waals surface area (Å²) in [7, 11) is 0. The van der Waals surface area contributed by atoms with Crippen molar-refractivity contribution in [3.63, 3.8) is 0 Å². The number of aliphatic hydroxyl groups is 2. The van der Waals surface area contributed by atoms with Crippen molar-refractivity contribution < 1.29 is 13.8 Å². The summed E-state index contributed by atoms with van der Waals surface area (Å²) < 4.78 is 4.83. The number of aliphatic hydroxyl groups excluding tert-OH is 2. The molecule has 0 aromatic carbocycles. The van der Waals surface area contributed by atoms with E-state index in [0.717, 1.165) is 6.54 Å². The normalized spacial score (nSPS) is 9.00. The highest BCUT2D eigenvalue weighted by atomic mass is 32.2. The van der Waals surface area contributed by atoms with Crippen LogP contribution in [0.4, 0.5) is 0 Å². The number of rotatable bonds is 6. The first-order valence-electron chi connectivity index (χ1n) is 3.66. The third-order valence-corrected chi connectivity index (χ3v) is 1.91. The lowest BCUT2D eigenvalue weighted by molar-refractivity contribution is 0.320. The zero-order chi connectivity index (χ0) is 9.66. The fraction of sp³-hybridized carbons (Fsp3) is 1.00. The summed E-state index contributed by atoms with van der Waals surface area (Å²) >= 11 is 2.39. The average molecular weight is 215 g/mol. The van der Waals surface area contributed by atoms with Crippen LogP contribution in [0.15, 0.2) is 0 Å². The third-order valence-electron chi connectivity index (χ3n) is 0.445. The van der Waals surface area contributed by atoms with Crippen molar-refractivity contribution in [1.82, 2.24) is 0 Å². The van der Waals surface area contributed by atoms with Crippen LogP contribution in [0.5, 0.6) is 0 Å². The molecule has 0 fully saturated rings. The minimum absolute atomic E-state index is 0.129. The Kier molecular flexibility index (Phi) is 22.0. The summed E-state index contributed by atoms with van der Waals surface area (Å²) in [4.78, 5) is 0. The zero-order valence-electron chi connectivity index (χ0n) is 7.23. The van der Waals surface area contributed by atoms with Crippen LogP contribution in [-0.2, 0) is 3.63 Å². The van der Waals surface area contributed by atoms with Gasteiger partial charge >= 0.3 is 0 Å². The van der Waals surface area contributed by atoms with E-state index in [0.29, 0.717) is 11.5 Å². The molecule has 0 aliphatic rings. The van der Waals surface area contributed by atoms with Crippen molar-refractivity contribution in [2.24, 2.45) is 5.73 Å². The zero-order valence-corrected chi connectivity index (χ0v) is 8.87. The molecule has 0 spiro atoms. The molecule has 12 heavy (non-hydrogen) atoms. The van der Waals surface area contributed by atoms with Gasteiger partial charge in [-0.05, 0) is 6.54 Å². The summed E-state index contributed by atoms with van der Waals surface area (Å²) in [6.45, 7) is 2.91. The van der Waals surface area contributed by atoms with E-state index in [2.05, 4.69) is 0 Å². The Hall–Kier alpha value is 0.540. The van der Waals surface area contributed by atoms with E-state index in [-0.39, 0.29) is 13.2 Å². The average Bonchev–Trinajstić information content (AvgIpc) is 2.06. The number of hydrogen-bond acceptors (Lipinski definition) is 6. The number of nitrogens with two attached hydrogens (primary N) is 1. The molecule has 0 radical (unpaired) electrons. The highest BCUT2D eigenvalue weighted by Crippen LogP contribution is 2.12. The summed E-state index contributed by atoms with van der Waals surface area (Å²) in [5.41, 5.74) is 4.85. The summed E-state index contributed by atoms with van der Waals surface area (Å²) in [5, 5.41) is 16.5. The molecule has 0 aliphatic carbocycles. The van der Waals surface area contributed by atoms with Crippen molar-refractivity contribution in [2.75, 3.05) is 31.3 Å². The molecule has 0 saturated heterocycles. The van der Waals surface area contributed by atoms with Crippen LogP contribution in [0.1, 0.15) is 6.92 Å². The van der Waals surface area contributed by atoms with Crippen LogP contribution >= 0.6 is 24.1 Å². The maximum absolute atomic E-state index is 8.26. The predicted octanol–water partition coefficient (Wildman–Crippen LogP) is 0.249. The Bertz CT molecular complexity index is 62.8. The largest absolute Gasteiger partial charge is 0.395 e. The maximum atomic E-state index is 8.26. The molecule has 0 heterocycles. The van der Waals surface area contributed by atoms with Gasteiger partial charge in [-0.1, -0.05) is 6.92 Å². The molecule has 0 atom stereocenters. The lowest BCUT2D eigenvalue weighted by Crippen LogP contribution is -1.87. The van der Waals surface area contributed by atoms with Gasteiger partial charge in [0, 0.05) is 35.6 Å². The van der Waals surface area contributed by atoms with E-state index in [1.807, 2.05) is 6.92 Å². The summed E-state index contributed by atoms with van der Waals surface area (Å²) in [5.74, 6) is 1.16. The SMILES string of the molecule is CCN.OCCSOSCCO. The van der Waals surface area contributed by atoms with Crippen molar-refractivity contribution in [2.45, 2.75) is 6.92 Å². The first-order valence-corrected chi connectivity index (χ1v) is 5.48. The van der Waals surface area contributed by atoms with Crippen LogP contribution in [0.3, 0.4) is 0 Å². The van der Waals surface area contributed by atoms with Gasteiger partial charge in [0.1, 0.15) is 0 Å². The van der Waals surface area contributed by atoms with Gasteiger partial charge in [-0.2, -0.15) is 0 Å². The molecule has 76 valence electrons. The summed E-state index contributed by atoms with van der Waals surface area (Å²) in [6, 6.07) is 0. The standard InChI is InChI=1S/C4H10O3S2.C2H7N/c5-1-3-8-7-9-4-2-6;1-2-3/h5-6H,1-4H2;2-3H2,1H3. The lowest BCUT2D eigenvalue weighted by Gasteiger charge is -1.95. The molecule has 0 saturated carbocycles. The molecular formula is C6H17NO3S2. The van der Waals surface area contributed by atoms with Crippen LogP contribution in [0.2, 0.25) is 0 Å². The Labute approximate surface area is 82.3 Å². The first-order chi connectivity index (χ1) is 5.83. The van der Waals surface area contributed by atoms with Gasteiger partial charge in [-0.15, -0.1) is 0 Å². The van der Waals surface area contributed by atoms with Crippen molar-refractivity contribution in [3.05, 3.63) is 0 Å². The fourth-order valence-corrected chi connectivity index (χ4v) is 1.14. The molecule has 6 heteroatoms. The molecule has 0 aliphatic heterocycles. The molecule has 0 unspecified atom stereocenters. The molecule has 4 N–H and O–H groups in total. The molecule has 0 amide bonds. The Morgan fingerprint density at radius 2 is 1.50 bits per heavy atom. The minimum atomic E-state index is 0.129. The highest BCUT2D eigenvalue weighted by molar-refractivity contribution is 8.07. The molecule has 0 rings (SSSR count). The van der Waals surface area contributed by atoms with E-state index in [9.17, 15) is 0 Å². The van der Waals surface area contributed by atoms with E-state index < -0.39 is 0 Å². The first kappa shape index (κ1) is 15.0. The van der Waals surface area contributed by atoms with E-state index in [1.165, 1.54) is 24.1 Å². The Morgan fingerprint density at radius 1 is 1.17 bits per heavy atom. The second kappa shape index (κ2) is 17.6. The fourth-order valence-electron chi connectivity index (χ4n) is 0.177. The van der Waals surface area contributed by atoms with Gasteiger partial charge in [-0.25, -0.2) is 3.63 Å². The minimum Gasteiger partial charge on any atom is -0.395 e. The monoisotopic (exact) mass is 215 g/mol. The lowest BCUT2D eigenvalue weighted by atomic mass is 10.8. The number of hydrogen-bond donors (Lipinski definition) is 3. The van der Waals surface area contributed by atoms with E-state index >= 15 is 0 Å². The molecule has 0 aromatic rings. The Balaban J connectivity index is 0. The van der Waals surface area contributed by atoms with Gasteiger partial charge in [0.25, 0.3) is 0 Å². The van der Waals surface area contributed by atoms with Gasteiger partial charge in [0.15, 0.2) is 0 Å². The van der Waals surface area contributed by atoms with E-state index in [4.69, 9.17) is 19.6 Å². The van der Waals surface area contributed by atoms with E-state index in [1.54, 1.807) is 0 Å². The van der Waals surface area contributed by atoms with Gasteiger partial charge < -0.3 is 15.9 Å². The van der Waals surface area contributed by atoms with Crippen LogP contribution in [0.25, 0.3) is 0 Å². The highest BCUT2D eigenvalue weighted by Gasteiger charge is 1.87. The van der Waals surface area contributed by atoms with Crippen molar-refractivity contribution in [3.8, 4) is 0 Å². The third kappa shape index (κ3) is 22.4. The smallest absolute Gasteiger partial charge is 0.0544 e. The quantitative estimate of drug-likeness (QED) is 0.435. The Morgan fingerprint density at radius 3 is 1.75 bits per heavy atom. The second-order valence-electron chi connectivity index (χ2n) is 1.57. The van der Waals surface area contributed by atoms with Crippen LogP contribution < -0.4 is 5.73 Å². The van der Waals surface area contributed by atoms with Gasteiger partial charge in [0.05, 0.1) is 13.2 Å². The molecule has 0 bridgehead atoms. The predicted molar refractivity (Wildman–Crippen MR) is 54.9 cm³/mol. The molecular weight excluding hydrogens is 198 g/mol. The molecule has 4 nitrogen and oxygen atoms in total. The van der Waals surface area contributed by atoms with Crippen LogP contribution in [-0.4, -0.2) is 41.5 Å². The van der Waals surface area contributed by atoms with Crippen molar-refractivity contribution >= 4 is 24.1 Å². The van der Waals surface area contributed by atoms with Gasteiger partial charge in [0.2, 0.25) is 0 Å². The van der Waals surface area contributed by atoms with Crippen LogP contribution in [0, 0.1) is 0 Å². The van der Waals surface area contributed by atoms with Crippen molar-refractivity contribution in [1.29, 1.82) is 0 Å². The summed E-state index contributed by atoms with van der Waals surface area (Å²) in [6.07, 6.45) is 0. The topological polar surface area (TPSA) is 75.7 Å². The van der Waals surface area contributed by atoms with Gasteiger partial charge in [-0.3, -0.25) is 0 Å².